The van der Waals surface area contributed by atoms with Crippen LogP contribution < -0.4 is 4.74 Å². The van der Waals surface area contributed by atoms with E-state index < -0.39 is 17.7 Å². The fourth-order valence-corrected chi connectivity index (χ4v) is 4.51. The molecule has 1 fully saturated rings. The number of aliphatic hydroxyl groups excluding tert-OH is 1. The lowest BCUT2D eigenvalue weighted by Gasteiger charge is -2.26. The summed E-state index contributed by atoms with van der Waals surface area (Å²) < 4.78 is 6.63. The maximum Gasteiger partial charge on any atom is 0.295 e. The van der Waals surface area contributed by atoms with E-state index in [1.807, 2.05) is 56.3 Å². The first kappa shape index (κ1) is 26.0. The summed E-state index contributed by atoms with van der Waals surface area (Å²) >= 11 is 3.49. The summed E-state index contributed by atoms with van der Waals surface area (Å²) in [5, 5.41) is 11.3. The van der Waals surface area contributed by atoms with Crippen LogP contribution in [0, 0.1) is 12.8 Å². The van der Waals surface area contributed by atoms with E-state index >= 15 is 0 Å². The molecule has 1 amide bonds. The van der Waals surface area contributed by atoms with Gasteiger partial charge in [0.2, 0.25) is 0 Å². The number of rotatable bonds is 9. The van der Waals surface area contributed by atoms with Crippen molar-refractivity contribution in [2.24, 2.45) is 5.92 Å². The molecule has 0 unspecified atom stereocenters. The number of ketones is 1. The second-order valence-electron chi connectivity index (χ2n) is 9.39. The quantitative estimate of drug-likeness (QED) is 0.276. The van der Waals surface area contributed by atoms with Gasteiger partial charge in [-0.25, -0.2) is 0 Å². The Bertz CT molecular complexity index is 1090. The Morgan fingerprint density at radius 2 is 1.91 bits per heavy atom. The summed E-state index contributed by atoms with van der Waals surface area (Å²) in [5.41, 5.74) is 2.18. The standard InChI is InChI=1S/C27H33BrN2O4/c1-17(2)16-34-21-10-11-22(18(3)14-21)25(31)23-24(19-8-6-9-20(28)15-19)30(27(33)26(23)32)13-7-12-29(4)5/h6,8-11,14-15,17,24,31H,7,12-13,16H2,1-5H3/b25-23+/t24-/m1/s1. The molecule has 1 saturated heterocycles. The summed E-state index contributed by atoms with van der Waals surface area (Å²) in [6.07, 6.45) is 0.714. The molecule has 1 heterocycles. The molecule has 0 spiro atoms. The van der Waals surface area contributed by atoms with Crippen molar-refractivity contribution >= 4 is 33.4 Å². The van der Waals surface area contributed by atoms with E-state index in [1.165, 1.54) is 0 Å². The summed E-state index contributed by atoms with van der Waals surface area (Å²) in [6.45, 7) is 7.80. The molecule has 0 radical (unpaired) electrons. The molecule has 1 aliphatic heterocycles. The first-order chi connectivity index (χ1) is 16.1. The minimum Gasteiger partial charge on any atom is -0.507 e. The lowest BCUT2D eigenvalue weighted by molar-refractivity contribution is -0.139. The molecule has 2 aromatic rings. The van der Waals surface area contributed by atoms with Gasteiger partial charge in [-0.05, 0) is 81.4 Å². The third kappa shape index (κ3) is 5.88. The molecule has 182 valence electrons. The third-order valence-corrected chi connectivity index (χ3v) is 6.24. The van der Waals surface area contributed by atoms with Gasteiger partial charge in [-0.15, -0.1) is 0 Å². The zero-order chi connectivity index (χ0) is 25.0. The van der Waals surface area contributed by atoms with Crippen LogP contribution in [-0.4, -0.2) is 60.4 Å². The van der Waals surface area contributed by atoms with Crippen LogP contribution >= 0.6 is 15.9 Å². The van der Waals surface area contributed by atoms with Crippen LogP contribution in [0.4, 0.5) is 0 Å². The number of aryl methyl sites for hydroxylation is 1. The lowest BCUT2D eigenvalue weighted by atomic mass is 9.94. The molecule has 0 aromatic heterocycles. The maximum atomic E-state index is 13.2. The van der Waals surface area contributed by atoms with E-state index in [-0.39, 0.29) is 11.3 Å². The van der Waals surface area contributed by atoms with Crippen LogP contribution in [-0.2, 0) is 9.59 Å². The number of aliphatic hydroxyl groups is 1. The van der Waals surface area contributed by atoms with Crippen molar-refractivity contribution in [2.45, 2.75) is 33.2 Å². The van der Waals surface area contributed by atoms with E-state index in [0.717, 1.165) is 22.1 Å². The molecule has 2 aromatic carbocycles. The van der Waals surface area contributed by atoms with Crippen molar-refractivity contribution in [2.75, 3.05) is 33.8 Å². The number of amides is 1. The molecule has 0 bridgehead atoms. The fraction of sp³-hybridized carbons (Fsp3) is 0.407. The minimum absolute atomic E-state index is 0.118. The first-order valence-corrected chi connectivity index (χ1v) is 12.3. The van der Waals surface area contributed by atoms with Gasteiger partial charge in [0.15, 0.2) is 0 Å². The number of hydrogen-bond acceptors (Lipinski definition) is 5. The number of halogens is 1. The number of likely N-dealkylation sites (tertiary alicyclic amines) is 1. The smallest absolute Gasteiger partial charge is 0.295 e. The predicted octanol–water partition coefficient (Wildman–Crippen LogP) is 5.17. The molecular weight excluding hydrogens is 496 g/mol. The number of benzene rings is 2. The first-order valence-electron chi connectivity index (χ1n) is 11.5. The van der Waals surface area contributed by atoms with Gasteiger partial charge in [0.1, 0.15) is 11.5 Å². The zero-order valence-corrected chi connectivity index (χ0v) is 22.1. The van der Waals surface area contributed by atoms with Crippen molar-refractivity contribution in [1.82, 2.24) is 9.80 Å². The number of ether oxygens (including phenoxy) is 1. The van der Waals surface area contributed by atoms with Crippen LogP contribution in [0.2, 0.25) is 0 Å². The molecular formula is C27H33BrN2O4. The number of nitrogens with zero attached hydrogens (tertiary/aromatic N) is 2. The van der Waals surface area contributed by atoms with Crippen LogP contribution in [0.15, 0.2) is 52.5 Å². The van der Waals surface area contributed by atoms with Crippen LogP contribution in [0.5, 0.6) is 5.75 Å². The van der Waals surface area contributed by atoms with E-state index in [4.69, 9.17) is 4.74 Å². The second-order valence-corrected chi connectivity index (χ2v) is 10.3. The van der Waals surface area contributed by atoms with Gasteiger partial charge in [-0.1, -0.05) is 41.9 Å². The predicted molar refractivity (Wildman–Crippen MR) is 138 cm³/mol. The van der Waals surface area contributed by atoms with Gasteiger partial charge in [0.25, 0.3) is 11.7 Å². The van der Waals surface area contributed by atoms with E-state index in [1.54, 1.807) is 17.0 Å². The van der Waals surface area contributed by atoms with Gasteiger partial charge in [0.05, 0.1) is 18.2 Å². The van der Waals surface area contributed by atoms with Crippen LogP contribution in [0.3, 0.4) is 0 Å². The highest BCUT2D eigenvalue weighted by atomic mass is 79.9. The van der Waals surface area contributed by atoms with E-state index in [9.17, 15) is 14.7 Å². The number of carbonyl (C=O) groups excluding carboxylic acids is 2. The topological polar surface area (TPSA) is 70.1 Å². The van der Waals surface area contributed by atoms with Crippen molar-refractivity contribution in [1.29, 1.82) is 0 Å². The van der Waals surface area contributed by atoms with Gasteiger partial charge < -0.3 is 19.6 Å². The fourth-order valence-electron chi connectivity index (χ4n) is 4.09. The Morgan fingerprint density at radius 3 is 2.53 bits per heavy atom. The Balaban J connectivity index is 2.05. The highest BCUT2D eigenvalue weighted by Gasteiger charge is 2.46. The molecule has 34 heavy (non-hydrogen) atoms. The highest BCUT2D eigenvalue weighted by molar-refractivity contribution is 9.10. The van der Waals surface area contributed by atoms with Crippen LogP contribution in [0.1, 0.15) is 43.0 Å². The number of carbonyl (C=O) groups is 2. The summed E-state index contributed by atoms with van der Waals surface area (Å²) in [5.74, 6) is -0.310. The Kier molecular flexibility index (Phi) is 8.55. The lowest BCUT2D eigenvalue weighted by Crippen LogP contribution is -2.32. The molecule has 1 N–H and O–H groups in total. The van der Waals surface area contributed by atoms with Crippen molar-refractivity contribution in [3.8, 4) is 5.75 Å². The van der Waals surface area contributed by atoms with Crippen molar-refractivity contribution in [3.63, 3.8) is 0 Å². The maximum absolute atomic E-state index is 13.2. The second kappa shape index (κ2) is 11.2. The third-order valence-electron chi connectivity index (χ3n) is 5.75. The van der Waals surface area contributed by atoms with Gasteiger partial charge >= 0.3 is 0 Å². The average molecular weight is 529 g/mol. The SMILES string of the molecule is Cc1cc(OCC(C)C)ccc1/C(O)=C1\C(=O)C(=O)N(CCCN(C)C)[C@@H]1c1cccc(Br)c1. The molecule has 1 atom stereocenters. The van der Waals surface area contributed by atoms with Crippen molar-refractivity contribution < 1.29 is 19.4 Å². The number of Topliss-reactive ketones (excluding diaryl/α,β-unsaturated/α-hetero) is 1. The van der Waals surface area contributed by atoms with Crippen molar-refractivity contribution in [3.05, 3.63) is 69.2 Å². The summed E-state index contributed by atoms with van der Waals surface area (Å²) in [6, 6.07) is 12.2. The monoisotopic (exact) mass is 528 g/mol. The molecule has 7 heteroatoms. The molecule has 3 rings (SSSR count). The van der Waals surface area contributed by atoms with Crippen LogP contribution in [0.25, 0.3) is 5.76 Å². The molecule has 1 aliphatic rings. The minimum atomic E-state index is -0.660. The normalized spacial score (nSPS) is 17.8. The number of hydrogen-bond donors (Lipinski definition) is 1. The van der Waals surface area contributed by atoms with Gasteiger partial charge in [-0.3, -0.25) is 9.59 Å². The van der Waals surface area contributed by atoms with E-state index in [0.29, 0.717) is 36.8 Å². The Hall–Kier alpha value is -2.64. The molecule has 0 saturated carbocycles. The van der Waals surface area contributed by atoms with Gasteiger partial charge in [-0.2, -0.15) is 0 Å². The highest BCUT2D eigenvalue weighted by Crippen LogP contribution is 2.40. The zero-order valence-electron chi connectivity index (χ0n) is 20.5. The average Bonchev–Trinajstić information content (AvgIpc) is 3.02. The molecule has 6 nitrogen and oxygen atoms in total. The van der Waals surface area contributed by atoms with E-state index in [2.05, 4.69) is 29.8 Å². The molecule has 0 aliphatic carbocycles. The Morgan fingerprint density at radius 1 is 1.18 bits per heavy atom. The Labute approximate surface area is 210 Å². The van der Waals surface area contributed by atoms with Gasteiger partial charge in [0, 0.05) is 16.6 Å². The largest absolute Gasteiger partial charge is 0.507 e. The summed E-state index contributed by atoms with van der Waals surface area (Å²) in [7, 11) is 3.94. The summed E-state index contributed by atoms with van der Waals surface area (Å²) in [4.78, 5) is 29.9.